The van der Waals surface area contributed by atoms with Crippen LogP contribution in [0.1, 0.15) is 0 Å². The number of rotatable bonds is 5. The van der Waals surface area contributed by atoms with Crippen molar-refractivity contribution in [3.05, 3.63) is 164 Å². The Bertz CT molecular complexity index is 2550. The highest BCUT2D eigenvalue weighted by atomic mass is 16.3. The van der Waals surface area contributed by atoms with Crippen molar-refractivity contribution in [2.24, 2.45) is 0 Å². The second-order valence-electron chi connectivity index (χ2n) is 11.7. The van der Waals surface area contributed by atoms with Crippen molar-refractivity contribution in [3.63, 3.8) is 0 Å². The Hall–Kier alpha value is -6.39. The minimum atomic E-state index is 0.633. The first-order valence-electron chi connectivity index (χ1n) is 15.7. The highest BCUT2D eigenvalue weighted by Crippen LogP contribution is 2.37. The molecule has 0 atom stereocenters. The molecule has 0 spiro atoms. The molecule has 0 fully saturated rings. The second kappa shape index (κ2) is 11.2. The Morgan fingerprint density at radius 3 is 1.60 bits per heavy atom. The normalized spacial score (nSPS) is 11.4. The van der Waals surface area contributed by atoms with Crippen LogP contribution in [0.15, 0.2) is 168 Å². The maximum absolute atomic E-state index is 6.23. The van der Waals surface area contributed by atoms with E-state index in [-0.39, 0.29) is 0 Å². The van der Waals surface area contributed by atoms with Gasteiger partial charge in [-0.05, 0) is 57.3 Å². The Balaban J connectivity index is 1.13. The lowest BCUT2D eigenvalue weighted by atomic mass is 9.99. The zero-order chi connectivity index (χ0) is 31.2. The number of fused-ring (bicyclic) bond motifs is 5. The lowest BCUT2D eigenvalue weighted by molar-refractivity contribution is 0.669. The predicted octanol–water partition coefficient (Wildman–Crippen LogP) is 11.3. The van der Waals surface area contributed by atoms with E-state index < -0.39 is 0 Å². The van der Waals surface area contributed by atoms with Crippen molar-refractivity contribution >= 4 is 32.7 Å². The molecule has 2 aromatic heterocycles. The molecule has 0 aliphatic rings. The van der Waals surface area contributed by atoms with E-state index in [1.165, 1.54) is 10.8 Å². The molecule has 9 aromatic rings. The van der Waals surface area contributed by atoms with Crippen molar-refractivity contribution in [2.75, 3.05) is 0 Å². The number of nitrogens with zero attached hydrogens (tertiary/aromatic N) is 3. The van der Waals surface area contributed by atoms with Gasteiger partial charge in [-0.1, -0.05) is 140 Å². The summed E-state index contributed by atoms with van der Waals surface area (Å²) in [5, 5.41) is 4.67. The van der Waals surface area contributed by atoms with Gasteiger partial charge < -0.3 is 4.42 Å². The quantitative estimate of drug-likeness (QED) is 0.197. The van der Waals surface area contributed by atoms with Crippen LogP contribution in [0.2, 0.25) is 0 Å². The first kappa shape index (κ1) is 27.0. The molecule has 2 heterocycles. The topological polar surface area (TPSA) is 51.8 Å². The molecule has 0 saturated heterocycles. The van der Waals surface area contributed by atoms with Crippen molar-refractivity contribution in [1.29, 1.82) is 0 Å². The number of hydrogen-bond donors (Lipinski definition) is 0. The zero-order valence-corrected chi connectivity index (χ0v) is 25.3. The number of aromatic nitrogens is 3. The van der Waals surface area contributed by atoms with E-state index in [2.05, 4.69) is 127 Å². The molecule has 0 bridgehead atoms. The van der Waals surface area contributed by atoms with Crippen LogP contribution in [0.3, 0.4) is 0 Å². The van der Waals surface area contributed by atoms with Gasteiger partial charge in [-0.3, -0.25) is 0 Å². The molecule has 0 N–H and O–H groups in total. The van der Waals surface area contributed by atoms with E-state index in [9.17, 15) is 0 Å². The van der Waals surface area contributed by atoms with E-state index in [4.69, 9.17) is 19.4 Å². The summed E-state index contributed by atoms with van der Waals surface area (Å²) in [6.07, 6.45) is 0. The maximum atomic E-state index is 6.23. The highest BCUT2D eigenvalue weighted by molar-refractivity contribution is 6.19. The fourth-order valence-corrected chi connectivity index (χ4v) is 6.36. The third-order valence-corrected chi connectivity index (χ3v) is 8.73. The van der Waals surface area contributed by atoms with Crippen LogP contribution in [0.25, 0.3) is 89.1 Å². The molecule has 0 saturated carbocycles. The summed E-state index contributed by atoms with van der Waals surface area (Å²) in [5.74, 6) is 1.91. The second-order valence-corrected chi connectivity index (χ2v) is 11.7. The SMILES string of the molecule is c1ccc(-c2cccc(-c3nc(-c4ccccc4)nc(-c4ccc(-c5ccc6oc7ccc8ccccc8c7c6c5)cc4)n3)c2)cc1. The zero-order valence-electron chi connectivity index (χ0n) is 25.3. The molecule has 0 aliphatic heterocycles. The van der Waals surface area contributed by atoms with Gasteiger partial charge in [0, 0.05) is 27.5 Å². The van der Waals surface area contributed by atoms with E-state index in [0.29, 0.717) is 17.5 Å². The lowest BCUT2D eigenvalue weighted by Crippen LogP contribution is -2.00. The summed E-state index contributed by atoms with van der Waals surface area (Å²) in [5.41, 5.74) is 9.10. The number of furan rings is 1. The van der Waals surface area contributed by atoms with Gasteiger partial charge in [0.2, 0.25) is 0 Å². The highest BCUT2D eigenvalue weighted by Gasteiger charge is 2.15. The fraction of sp³-hybridized carbons (Fsp3) is 0. The molecule has 47 heavy (non-hydrogen) atoms. The van der Waals surface area contributed by atoms with E-state index in [0.717, 1.165) is 60.9 Å². The van der Waals surface area contributed by atoms with Gasteiger partial charge in [0.1, 0.15) is 11.2 Å². The van der Waals surface area contributed by atoms with Crippen LogP contribution in [0.4, 0.5) is 0 Å². The van der Waals surface area contributed by atoms with Crippen molar-refractivity contribution < 1.29 is 4.42 Å². The fourth-order valence-electron chi connectivity index (χ4n) is 6.36. The molecular weight excluding hydrogens is 574 g/mol. The molecule has 0 unspecified atom stereocenters. The Morgan fingerprint density at radius 2 is 0.830 bits per heavy atom. The maximum Gasteiger partial charge on any atom is 0.164 e. The summed E-state index contributed by atoms with van der Waals surface area (Å²) in [6.45, 7) is 0. The molecule has 9 rings (SSSR count). The summed E-state index contributed by atoms with van der Waals surface area (Å²) < 4.78 is 6.23. The largest absolute Gasteiger partial charge is 0.456 e. The third-order valence-electron chi connectivity index (χ3n) is 8.73. The smallest absolute Gasteiger partial charge is 0.164 e. The minimum Gasteiger partial charge on any atom is -0.456 e. The molecule has 0 radical (unpaired) electrons. The van der Waals surface area contributed by atoms with Crippen LogP contribution in [0.5, 0.6) is 0 Å². The van der Waals surface area contributed by atoms with Gasteiger partial charge in [0.15, 0.2) is 17.5 Å². The monoisotopic (exact) mass is 601 g/mol. The van der Waals surface area contributed by atoms with E-state index >= 15 is 0 Å². The van der Waals surface area contributed by atoms with Crippen LogP contribution in [-0.4, -0.2) is 15.0 Å². The molecule has 4 nitrogen and oxygen atoms in total. The van der Waals surface area contributed by atoms with E-state index in [1.807, 2.05) is 36.4 Å². The Labute approximate surface area is 271 Å². The van der Waals surface area contributed by atoms with Gasteiger partial charge >= 0.3 is 0 Å². The van der Waals surface area contributed by atoms with Crippen LogP contribution in [0, 0.1) is 0 Å². The average Bonchev–Trinajstić information content (AvgIpc) is 3.54. The van der Waals surface area contributed by atoms with E-state index in [1.54, 1.807) is 0 Å². The van der Waals surface area contributed by atoms with Gasteiger partial charge in [-0.15, -0.1) is 0 Å². The minimum absolute atomic E-state index is 0.633. The molecule has 7 aromatic carbocycles. The third kappa shape index (κ3) is 4.93. The van der Waals surface area contributed by atoms with Crippen molar-refractivity contribution in [2.45, 2.75) is 0 Å². The summed E-state index contributed by atoms with van der Waals surface area (Å²) in [7, 11) is 0. The first-order valence-corrected chi connectivity index (χ1v) is 15.7. The molecule has 0 amide bonds. The number of hydrogen-bond acceptors (Lipinski definition) is 4. The molecule has 220 valence electrons. The summed E-state index contributed by atoms with van der Waals surface area (Å²) >= 11 is 0. The lowest BCUT2D eigenvalue weighted by Gasteiger charge is -2.10. The molecule has 4 heteroatoms. The molecule has 0 aliphatic carbocycles. The van der Waals surface area contributed by atoms with Crippen molar-refractivity contribution in [1.82, 2.24) is 15.0 Å². The van der Waals surface area contributed by atoms with Crippen LogP contribution in [-0.2, 0) is 0 Å². The van der Waals surface area contributed by atoms with Crippen LogP contribution >= 0.6 is 0 Å². The first-order chi connectivity index (χ1) is 23.3. The predicted molar refractivity (Wildman–Crippen MR) is 192 cm³/mol. The standard InChI is InChI=1S/C43H27N3O/c1-3-10-28(11-4-1)33-15-9-16-35(26-33)43-45-41(31-13-5-2-6-14-31)44-42(46-43)32-20-18-29(19-21-32)34-23-24-38-37(27-34)40-36-17-8-7-12-30(36)22-25-39(40)47-38/h1-27H. The summed E-state index contributed by atoms with van der Waals surface area (Å²) in [4.78, 5) is 14.9. The van der Waals surface area contributed by atoms with Crippen LogP contribution < -0.4 is 0 Å². The summed E-state index contributed by atoms with van der Waals surface area (Å²) in [6, 6.07) is 56.4. The number of benzene rings is 7. The van der Waals surface area contributed by atoms with Gasteiger partial charge in [-0.25, -0.2) is 15.0 Å². The molecular formula is C43H27N3O. The van der Waals surface area contributed by atoms with Gasteiger partial charge in [0.05, 0.1) is 0 Å². The van der Waals surface area contributed by atoms with Gasteiger partial charge in [-0.2, -0.15) is 0 Å². The Morgan fingerprint density at radius 1 is 0.319 bits per heavy atom. The van der Waals surface area contributed by atoms with Crippen molar-refractivity contribution in [3.8, 4) is 56.4 Å². The Kier molecular flexibility index (Phi) is 6.43. The average molecular weight is 602 g/mol. The van der Waals surface area contributed by atoms with Gasteiger partial charge in [0.25, 0.3) is 0 Å².